The lowest BCUT2D eigenvalue weighted by Crippen LogP contribution is -2.48. The monoisotopic (exact) mass is 440 g/mol. The van der Waals surface area contributed by atoms with Crippen molar-refractivity contribution < 1.29 is 22.7 Å². The zero-order valence-corrected chi connectivity index (χ0v) is 18.0. The molecule has 168 valence electrons. The minimum atomic E-state index is -0.366. The average molecular weight is 440 g/mol. The van der Waals surface area contributed by atoms with Crippen molar-refractivity contribution in [3.05, 3.63) is 77.6 Å². The number of carbonyl (C=O) groups excluding carboxylic acids is 1. The van der Waals surface area contributed by atoms with Crippen LogP contribution in [0, 0.1) is 11.6 Å². The molecule has 1 amide bonds. The molecule has 1 aliphatic rings. The quantitative estimate of drug-likeness (QED) is 0.542. The molecule has 1 saturated heterocycles. The third-order valence-electron chi connectivity index (χ3n) is 5.73. The number of carbonyl (C=O) groups is 1. The zero-order valence-electron chi connectivity index (χ0n) is 18.0. The van der Waals surface area contributed by atoms with Crippen LogP contribution in [0.3, 0.4) is 0 Å². The normalized spacial score (nSPS) is 14.5. The minimum Gasteiger partial charge on any atom is -0.494 e. The van der Waals surface area contributed by atoms with Crippen molar-refractivity contribution in [3.8, 4) is 17.1 Å². The molecule has 32 heavy (non-hydrogen) atoms. The molecule has 2 heterocycles. The van der Waals surface area contributed by atoms with Crippen molar-refractivity contribution in [2.24, 2.45) is 0 Å². The van der Waals surface area contributed by atoms with E-state index in [0.29, 0.717) is 49.6 Å². The summed E-state index contributed by atoms with van der Waals surface area (Å²) in [4.78, 5) is 16.7. The van der Waals surface area contributed by atoms with Gasteiger partial charge in [0.05, 0.1) is 12.7 Å². The fourth-order valence-corrected chi connectivity index (χ4v) is 3.93. The Morgan fingerprint density at radius 1 is 1.00 bits per heavy atom. The van der Waals surface area contributed by atoms with Gasteiger partial charge in [-0.25, -0.2) is 8.78 Å². The molecule has 0 N–H and O–H groups in total. The Hall–Kier alpha value is -3.19. The largest absolute Gasteiger partial charge is 0.494 e. The van der Waals surface area contributed by atoms with Crippen molar-refractivity contribution in [2.75, 3.05) is 33.3 Å². The highest BCUT2D eigenvalue weighted by Crippen LogP contribution is 2.25. The minimum absolute atomic E-state index is 0.0731. The Kier molecular flexibility index (Phi) is 6.85. The standard InChI is InChI=1S/C25H26F2N2O3/c1-31-24-9-6-18(16-22(24)27)17-28-12-14-29(15-13-28)25(30)11-8-19-7-10-23(32-19)20-4-2-3-5-21(20)26/h2-7,9-10,16H,8,11-15,17H2,1H3. The van der Waals surface area contributed by atoms with Gasteiger partial charge in [0.2, 0.25) is 5.91 Å². The van der Waals surface area contributed by atoms with Crippen LogP contribution in [0.5, 0.6) is 5.75 Å². The van der Waals surface area contributed by atoms with Gasteiger partial charge in [-0.05, 0) is 42.0 Å². The Labute approximate surface area is 186 Å². The SMILES string of the molecule is COc1ccc(CN2CCN(C(=O)CCc3ccc(-c4ccccc4F)o3)CC2)cc1F. The molecule has 0 bridgehead atoms. The molecular formula is C25H26F2N2O3. The van der Waals surface area contributed by atoms with E-state index >= 15 is 0 Å². The van der Waals surface area contributed by atoms with Gasteiger partial charge in [0, 0.05) is 45.6 Å². The summed E-state index contributed by atoms with van der Waals surface area (Å²) in [5.74, 6) is 0.742. The molecular weight excluding hydrogens is 414 g/mol. The molecule has 4 rings (SSSR count). The number of piperazine rings is 1. The summed E-state index contributed by atoms with van der Waals surface area (Å²) >= 11 is 0. The third kappa shape index (κ3) is 5.16. The maximum Gasteiger partial charge on any atom is 0.223 e. The van der Waals surface area contributed by atoms with E-state index in [1.54, 1.807) is 36.4 Å². The van der Waals surface area contributed by atoms with Crippen molar-refractivity contribution in [1.29, 1.82) is 0 Å². The van der Waals surface area contributed by atoms with E-state index in [9.17, 15) is 13.6 Å². The second-order valence-corrected chi connectivity index (χ2v) is 7.87. The summed E-state index contributed by atoms with van der Waals surface area (Å²) in [6, 6.07) is 15.0. The smallest absolute Gasteiger partial charge is 0.223 e. The van der Waals surface area contributed by atoms with Gasteiger partial charge in [-0.15, -0.1) is 0 Å². The lowest BCUT2D eigenvalue weighted by molar-refractivity contribution is -0.133. The van der Waals surface area contributed by atoms with Crippen LogP contribution in [0.1, 0.15) is 17.7 Å². The summed E-state index contributed by atoms with van der Waals surface area (Å²) in [6.45, 7) is 3.37. The molecule has 7 heteroatoms. The molecule has 0 atom stereocenters. The average Bonchev–Trinajstić information content (AvgIpc) is 3.27. The first-order chi connectivity index (χ1) is 15.5. The zero-order chi connectivity index (χ0) is 22.5. The number of nitrogens with zero attached hydrogens (tertiary/aromatic N) is 2. The van der Waals surface area contributed by atoms with E-state index in [2.05, 4.69) is 4.90 Å². The molecule has 0 radical (unpaired) electrons. The molecule has 1 aromatic heterocycles. The number of ether oxygens (including phenoxy) is 1. The highest BCUT2D eigenvalue weighted by Gasteiger charge is 2.21. The molecule has 0 unspecified atom stereocenters. The summed E-state index contributed by atoms with van der Waals surface area (Å²) in [7, 11) is 1.45. The topological polar surface area (TPSA) is 45.9 Å². The van der Waals surface area contributed by atoms with Crippen LogP contribution in [0.15, 0.2) is 59.0 Å². The van der Waals surface area contributed by atoms with Crippen LogP contribution in [0.4, 0.5) is 8.78 Å². The fourth-order valence-electron chi connectivity index (χ4n) is 3.93. The summed E-state index contributed by atoms with van der Waals surface area (Å²) < 4.78 is 38.5. The maximum absolute atomic E-state index is 13.9. The number of halogens is 2. The van der Waals surface area contributed by atoms with Gasteiger partial charge in [0.25, 0.3) is 0 Å². The van der Waals surface area contributed by atoms with Gasteiger partial charge >= 0.3 is 0 Å². The van der Waals surface area contributed by atoms with Crippen LogP contribution in [-0.2, 0) is 17.8 Å². The van der Waals surface area contributed by atoms with E-state index in [1.165, 1.54) is 19.2 Å². The van der Waals surface area contributed by atoms with E-state index < -0.39 is 0 Å². The Balaban J connectivity index is 1.24. The Bertz CT molecular complexity index is 1070. The van der Waals surface area contributed by atoms with Crippen molar-refractivity contribution >= 4 is 5.91 Å². The summed E-state index contributed by atoms with van der Waals surface area (Å²) in [6.07, 6.45) is 0.812. The first-order valence-corrected chi connectivity index (χ1v) is 10.7. The van der Waals surface area contributed by atoms with Gasteiger partial charge < -0.3 is 14.1 Å². The predicted molar refractivity (Wildman–Crippen MR) is 117 cm³/mol. The van der Waals surface area contributed by atoms with Crippen LogP contribution in [0.2, 0.25) is 0 Å². The summed E-state index contributed by atoms with van der Waals surface area (Å²) in [5, 5.41) is 0. The molecule has 5 nitrogen and oxygen atoms in total. The summed E-state index contributed by atoms with van der Waals surface area (Å²) in [5.41, 5.74) is 1.30. The van der Waals surface area contributed by atoms with E-state index in [1.807, 2.05) is 11.0 Å². The third-order valence-corrected chi connectivity index (χ3v) is 5.73. The number of furan rings is 1. The van der Waals surface area contributed by atoms with Crippen molar-refractivity contribution in [1.82, 2.24) is 9.80 Å². The van der Waals surface area contributed by atoms with Gasteiger partial charge in [-0.1, -0.05) is 18.2 Å². The van der Waals surface area contributed by atoms with E-state index in [0.717, 1.165) is 18.7 Å². The number of hydrogen-bond donors (Lipinski definition) is 0. The van der Waals surface area contributed by atoms with E-state index in [-0.39, 0.29) is 23.3 Å². The molecule has 2 aromatic carbocycles. The van der Waals surface area contributed by atoms with Crippen LogP contribution < -0.4 is 4.74 Å². The molecule has 1 aliphatic heterocycles. The lowest BCUT2D eigenvalue weighted by Gasteiger charge is -2.34. The van der Waals surface area contributed by atoms with Crippen molar-refractivity contribution in [3.63, 3.8) is 0 Å². The maximum atomic E-state index is 13.9. The van der Waals surface area contributed by atoms with Crippen LogP contribution in [-0.4, -0.2) is 49.0 Å². The first-order valence-electron chi connectivity index (χ1n) is 10.7. The molecule has 3 aromatic rings. The Morgan fingerprint density at radius 2 is 1.78 bits per heavy atom. The van der Waals surface area contributed by atoms with Gasteiger partial charge in [0.15, 0.2) is 11.6 Å². The molecule has 0 spiro atoms. The van der Waals surface area contributed by atoms with Gasteiger partial charge in [0.1, 0.15) is 17.3 Å². The molecule has 0 aliphatic carbocycles. The highest BCUT2D eigenvalue weighted by molar-refractivity contribution is 5.76. The van der Waals surface area contributed by atoms with Crippen LogP contribution in [0.25, 0.3) is 11.3 Å². The van der Waals surface area contributed by atoms with Crippen LogP contribution >= 0.6 is 0 Å². The number of amides is 1. The number of benzene rings is 2. The van der Waals surface area contributed by atoms with E-state index in [4.69, 9.17) is 9.15 Å². The number of rotatable bonds is 7. The second kappa shape index (κ2) is 9.96. The molecule has 1 fully saturated rings. The first kappa shape index (κ1) is 22.0. The number of methoxy groups -OCH3 is 1. The van der Waals surface area contributed by atoms with Gasteiger partial charge in [-0.3, -0.25) is 9.69 Å². The highest BCUT2D eigenvalue weighted by atomic mass is 19.1. The predicted octanol–water partition coefficient (Wildman–Crippen LogP) is 4.51. The lowest BCUT2D eigenvalue weighted by atomic mass is 10.1. The number of hydrogen-bond acceptors (Lipinski definition) is 4. The number of aryl methyl sites for hydroxylation is 1. The van der Waals surface area contributed by atoms with Crippen molar-refractivity contribution in [2.45, 2.75) is 19.4 Å². The van der Waals surface area contributed by atoms with Gasteiger partial charge in [-0.2, -0.15) is 0 Å². The Morgan fingerprint density at radius 3 is 2.50 bits per heavy atom. The fraction of sp³-hybridized carbons (Fsp3) is 0.320. The molecule has 0 saturated carbocycles. The second-order valence-electron chi connectivity index (χ2n) is 7.87.